The van der Waals surface area contributed by atoms with Gasteiger partial charge in [0.2, 0.25) is 0 Å². The highest BCUT2D eigenvalue weighted by atomic mass is 31.0. The second-order valence-electron chi connectivity index (χ2n) is 2.15. The number of nitrogens with zero attached hydrogens (tertiary/aromatic N) is 2. The second kappa shape index (κ2) is 5.82. The molecular weight excluding hydrogens is 211 g/mol. The summed E-state index contributed by atoms with van der Waals surface area (Å²) in [6.07, 6.45) is 0. The van der Waals surface area contributed by atoms with E-state index < -0.39 is 10.0 Å². The van der Waals surface area contributed by atoms with Crippen LogP contribution in [-0.2, 0) is 0 Å². The lowest BCUT2D eigenvalue weighted by molar-refractivity contribution is -0.402. The van der Waals surface area contributed by atoms with Crippen molar-refractivity contribution in [2.45, 2.75) is 0 Å². The van der Waals surface area contributed by atoms with Gasteiger partial charge >= 0.3 is 0 Å². The van der Waals surface area contributed by atoms with Crippen LogP contribution in [0.15, 0.2) is 24.3 Å². The zero-order chi connectivity index (χ0) is 11.1. The van der Waals surface area contributed by atoms with Gasteiger partial charge in [0.1, 0.15) is 0 Å². The van der Waals surface area contributed by atoms with Gasteiger partial charge in [0.05, 0.1) is 15.3 Å². The molecule has 1 atom stereocenters. The highest BCUT2D eigenvalue weighted by molar-refractivity contribution is 7.27. The van der Waals surface area contributed by atoms with E-state index in [-0.39, 0.29) is 5.69 Å². The van der Waals surface area contributed by atoms with E-state index in [9.17, 15) is 10.1 Å². The maximum absolute atomic E-state index is 10.1. The maximum atomic E-state index is 10.1. The van der Waals surface area contributed by atoms with E-state index in [2.05, 4.69) is 0 Å². The van der Waals surface area contributed by atoms with Crippen LogP contribution >= 0.6 is 9.24 Å². The first-order chi connectivity index (χ1) is 6.43. The molecule has 0 aliphatic carbocycles. The molecule has 8 heteroatoms. The van der Waals surface area contributed by atoms with Crippen LogP contribution in [0.3, 0.4) is 0 Å². The molecule has 0 aromatic heterocycles. The summed E-state index contributed by atoms with van der Waals surface area (Å²) in [5.74, 6) is 0. The summed E-state index contributed by atoms with van der Waals surface area (Å²) < 4.78 is 0. The number of benzene rings is 1. The van der Waals surface area contributed by atoms with Gasteiger partial charge in [-0.1, -0.05) is 0 Å². The van der Waals surface area contributed by atoms with Crippen molar-refractivity contribution >= 4 is 20.2 Å². The van der Waals surface area contributed by atoms with Crippen LogP contribution in [0, 0.1) is 25.4 Å². The third-order valence-electron chi connectivity index (χ3n) is 1.15. The van der Waals surface area contributed by atoms with E-state index >= 15 is 0 Å². The molecule has 0 amide bonds. The number of hydrogen-bond acceptors (Lipinski definition) is 5. The molecule has 0 aliphatic heterocycles. The van der Waals surface area contributed by atoms with E-state index in [0.717, 1.165) is 5.30 Å². The van der Waals surface area contributed by atoms with Gasteiger partial charge in [-0.2, -0.15) is 0 Å². The SMILES string of the molecule is O=[N+]([O-])[O-].O=[N+]([O-])c1ccc([PH3+])cc1. The van der Waals surface area contributed by atoms with Crippen molar-refractivity contribution in [2.75, 3.05) is 0 Å². The van der Waals surface area contributed by atoms with Crippen LogP contribution in [-0.4, -0.2) is 10.0 Å². The Hall–Kier alpha value is -1.75. The average molecular weight is 218 g/mol. The van der Waals surface area contributed by atoms with Gasteiger partial charge in [-0.3, -0.25) is 10.1 Å². The van der Waals surface area contributed by atoms with Gasteiger partial charge in [0, 0.05) is 21.4 Å². The van der Waals surface area contributed by atoms with Crippen LogP contribution in [0.2, 0.25) is 0 Å². The van der Waals surface area contributed by atoms with Gasteiger partial charge in [0.15, 0.2) is 0 Å². The molecule has 0 fully saturated rings. The standard InChI is InChI=1S/C6H6NO2P.NO3/c8-7(9)5-1-3-6(10)4-2-5;2-1(3)4/h1-4H,10H2;/q;-1/p+1. The minimum atomic E-state index is -1.75. The van der Waals surface area contributed by atoms with Crippen LogP contribution in [0.4, 0.5) is 5.69 Å². The Kier molecular flexibility index (Phi) is 5.09. The van der Waals surface area contributed by atoms with Crippen molar-refractivity contribution in [1.29, 1.82) is 0 Å². The largest absolute Gasteiger partial charge is 0.356 e. The fourth-order valence-corrected chi connectivity index (χ4v) is 0.853. The third-order valence-corrected chi connectivity index (χ3v) is 1.62. The molecule has 0 aliphatic rings. The normalized spacial score (nSPS) is 8.57. The summed E-state index contributed by atoms with van der Waals surface area (Å²) in [6, 6.07) is 6.47. The fourth-order valence-electron chi connectivity index (χ4n) is 0.618. The van der Waals surface area contributed by atoms with Crippen LogP contribution in [0.5, 0.6) is 0 Å². The van der Waals surface area contributed by atoms with Crippen molar-refractivity contribution in [3.63, 3.8) is 0 Å². The van der Waals surface area contributed by atoms with E-state index in [4.69, 9.17) is 15.3 Å². The van der Waals surface area contributed by atoms with E-state index in [1.165, 1.54) is 12.1 Å². The summed E-state index contributed by atoms with van der Waals surface area (Å²) in [5, 5.41) is 25.9. The number of hydrogen-bond donors (Lipinski definition) is 0. The molecule has 0 saturated heterocycles. The summed E-state index contributed by atoms with van der Waals surface area (Å²) in [7, 11) is 1.70. The first kappa shape index (κ1) is 12.2. The lowest BCUT2D eigenvalue weighted by atomic mass is 10.3. The highest BCUT2D eigenvalue weighted by Crippen LogP contribution is 2.07. The van der Waals surface area contributed by atoms with Gasteiger partial charge in [-0.05, 0) is 12.1 Å². The molecule has 1 aromatic rings. The zero-order valence-electron chi connectivity index (χ0n) is 6.95. The molecule has 0 bridgehead atoms. The monoisotopic (exact) mass is 218 g/mol. The summed E-state index contributed by atoms with van der Waals surface area (Å²) in [4.78, 5) is 18.0. The van der Waals surface area contributed by atoms with E-state index in [1.807, 2.05) is 0 Å². The Balaban J connectivity index is 0.000000364. The Morgan fingerprint density at radius 2 is 1.36 bits per heavy atom. The molecule has 1 unspecified atom stereocenters. The Morgan fingerprint density at radius 3 is 1.64 bits per heavy atom. The van der Waals surface area contributed by atoms with E-state index in [0.29, 0.717) is 0 Å². The summed E-state index contributed by atoms with van der Waals surface area (Å²) in [6.45, 7) is 0. The number of nitro benzene ring substituents is 1. The van der Waals surface area contributed by atoms with Crippen molar-refractivity contribution in [1.82, 2.24) is 0 Å². The molecule has 76 valence electrons. The third kappa shape index (κ3) is 5.84. The first-order valence-corrected chi connectivity index (χ1v) is 4.02. The van der Waals surface area contributed by atoms with Gasteiger partial charge < -0.3 is 15.3 Å². The molecule has 1 rings (SSSR count). The second-order valence-corrected chi connectivity index (χ2v) is 2.96. The smallest absolute Gasteiger partial charge is 0.269 e. The Morgan fingerprint density at radius 1 is 1.00 bits per heavy atom. The first-order valence-electron chi connectivity index (χ1n) is 3.31. The van der Waals surface area contributed by atoms with Crippen LogP contribution < -0.4 is 5.30 Å². The lowest BCUT2D eigenvalue weighted by Gasteiger charge is -1.87. The molecule has 14 heavy (non-hydrogen) atoms. The molecule has 0 heterocycles. The predicted molar refractivity (Wildman–Crippen MR) is 54.2 cm³/mol. The highest BCUT2D eigenvalue weighted by Gasteiger charge is 2.02. The molecule has 0 radical (unpaired) electrons. The summed E-state index contributed by atoms with van der Waals surface area (Å²) >= 11 is 0. The van der Waals surface area contributed by atoms with Crippen molar-refractivity contribution in [3.05, 3.63) is 49.7 Å². The number of nitro groups is 1. The molecule has 0 spiro atoms. The van der Waals surface area contributed by atoms with Gasteiger partial charge in [-0.15, -0.1) is 0 Å². The zero-order valence-corrected chi connectivity index (χ0v) is 8.37. The van der Waals surface area contributed by atoms with Crippen molar-refractivity contribution in [2.24, 2.45) is 0 Å². The van der Waals surface area contributed by atoms with Crippen molar-refractivity contribution < 1.29 is 10.0 Å². The lowest BCUT2D eigenvalue weighted by Crippen LogP contribution is -1.91. The fraction of sp³-hybridized carbons (Fsp3) is 0. The summed E-state index contributed by atoms with van der Waals surface area (Å²) in [5.41, 5.74) is 0.149. The predicted octanol–water partition coefficient (Wildman–Crippen LogP) is 0.588. The Bertz CT molecular complexity index is 321. The Labute approximate surface area is 80.8 Å². The van der Waals surface area contributed by atoms with Crippen LogP contribution in [0.1, 0.15) is 0 Å². The molecule has 0 saturated carbocycles. The maximum Gasteiger partial charge on any atom is 0.269 e. The topological polar surface area (TPSA) is 109 Å². The van der Waals surface area contributed by atoms with Crippen LogP contribution in [0.25, 0.3) is 0 Å². The van der Waals surface area contributed by atoms with Gasteiger partial charge in [0.25, 0.3) is 5.69 Å². The number of rotatable bonds is 1. The minimum Gasteiger partial charge on any atom is -0.356 e. The minimum absolute atomic E-state index is 0.149. The average Bonchev–Trinajstić information content (AvgIpc) is 2.03. The van der Waals surface area contributed by atoms with Gasteiger partial charge in [-0.25, -0.2) is 0 Å². The van der Waals surface area contributed by atoms with Crippen molar-refractivity contribution in [3.8, 4) is 0 Å². The molecule has 7 nitrogen and oxygen atoms in total. The molecular formula is C6H7N2O5P. The molecule has 1 aromatic carbocycles. The number of non-ortho nitro benzene ring substituents is 1. The molecule has 0 N–H and O–H groups in total. The van der Waals surface area contributed by atoms with E-state index in [1.54, 1.807) is 21.4 Å². The quantitative estimate of drug-likeness (QED) is 0.389.